The molecule has 1 aliphatic heterocycles. The van der Waals surface area contributed by atoms with Gasteiger partial charge in [-0.3, -0.25) is 0 Å². The number of hydrogen-bond donors (Lipinski definition) is 0. The average molecular weight is 715 g/mol. The highest BCUT2D eigenvalue weighted by Gasteiger charge is 2.43. The van der Waals surface area contributed by atoms with E-state index in [0.717, 1.165) is 0 Å². The Bertz CT molecular complexity index is 2900. The van der Waals surface area contributed by atoms with Gasteiger partial charge in [0.2, 0.25) is 0 Å². The molecule has 9 aromatic rings. The number of benzene rings is 8. The molecule has 0 amide bonds. The van der Waals surface area contributed by atoms with Crippen molar-refractivity contribution < 1.29 is 0 Å². The van der Waals surface area contributed by atoms with Crippen molar-refractivity contribution in [2.75, 3.05) is 4.90 Å². The van der Waals surface area contributed by atoms with Crippen molar-refractivity contribution >= 4 is 28.4 Å². The van der Waals surface area contributed by atoms with Crippen LogP contribution in [0.4, 0.5) is 11.4 Å². The minimum atomic E-state index is 0.158. The molecule has 56 heavy (non-hydrogen) atoms. The van der Waals surface area contributed by atoms with Gasteiger partial charge >= 0.3 is 0 Å². The molecule has 0 N–H and O–H groups in total. The van der Waals surface area contributed by atoms with E-state index in [4.69, 9.17) is 0 Å². The lowest BCUT2D eigenvalue weighted by molar-refractivity contribution is 0.725. The van der Waals surface area contributed by atoms with E-state index in [9.17, 15) is 0 Å². The number of nitrogens with zero attached hydrogens (tertiary/aromatic N) is 2. The third-order valence-electron chi connectivity index (χ3n) is 11.8. The largest absolute Gasteiger partial charge is 0.333 e. The normalized spacial score (nSPS) is 15.4. The third kappa shape index (κ3) is 5.33. The van der Waals surface area contributed by atoms with E-state index in [1.165, 1.54) is 89.3 Å². The zero-order valence-corrected chi connectivity index (χ0v) is 30.8. The van der Waals surface area contributed by atoms with Gasteiger partial charge in [0.05, 0.1) is 17.3 Å². The third-order valence-corrected chi connectivity index (χ3v) is 11.8. The molecular weight excluding hydrogens is 677 g/mol. The summed E-state index contributed by atoms with van der Waals surface area (Å²) in [5, 5.41) is 1.31. The molecule has 0 saturated heterocycles. The van der Waals surface area contributed by atoms with Crippen LogP contribution in [0.2, 0.25) is 0 Å². The fourth-order valence-corrected chi connectivity index (χ4v) is 9.18. The molecule has 2 unspecified atom stereocenters. The second-order valence-electron chi connectivity index (χ2n) is 14.9. The number of rotatable bonds is 6. The van der Waals surface area contributed by atoms with E-state index in [-0.39, 0.29) is 12.0 Å². The maximum absolute atomic E-state index is 2.55. The number of aromatic nitrogens is 1. The van der Waals surface area contributed by atoms with Crippen LogP contribution in [-0.4, -0.2) is 10.6 Å². The van der Waals surface area contributed by atoms with E-state index in [2.05, 4.69) is 228 Å². The maximum atomic E-state index is 2.55. The van der Waals surface area contributed by atoms with E-state index in [0.29, 0.717) is 0 Å². The maximum Gasteiger partial charge on any atom is 0.0637 e. The van der Waals surface area contributed by atoms with Crippen molar-refractivity contribution in [3.63, 3.8) is 0 Å². The number of fused-ring (bicyclic) bond motifs is 7. The minimum Gasteiger partial charge on any atom is -0.333 e. The molecule has 1 aromatic heterocycles. The SMILES string of the molecule is C1=CC2C(c3ccccc3N2c2ccc(-c3cccc(-c4ccccc4)c3)cc2)c2c1n(-c1ccc(-c3cccc(-c4ccccc4)c3)cc1)c1ccccc21. The number of hydrogen-bond acceptors (Lipinski definition) is 1. The van der Waals surface area contributed by atoms with Gasteiger partial charge < -0.3 is 9.47 Å². The lowest BCUT2D eigenvalue weighted by Gasteiger charge is -2.31. The summed E-state index contributed by atoms with van der Waals surface area (Å²) in [5.74, 6) is 0.194. The lowest BCUT2D eigenvalue weighted by atomic mass is 9.82. The molecule has 0 fully saturated rings. The van der Waals surface area contributed by atoms with Crippen LogP contribution in [0.3, 0.4) is 0 Å². The van der Waals surface area contributed by atoms with Crippen LogP contribution >= 0.6 is 0 Å². The zero-order chi connectivity index (χ0) is 37.0. The Labute approximate surface area is 327 Å². The van der Waals surface area contributed by atoms with Crippen LogP contribution < -0.4 is 4.90 Å². The van der Waals surface area contributed by atoms with Crippen molar-refractivity contribution in [1.29, 1.82) is 0 Å². The molecule has 8 aromatic carbocycles. The lowest BCUT2D eigenvalue weighted by Crippen LogP contribution is -2.30. The Morgan fingerprint density at radius 3 is 1.46 bits per heavy atom. The first kappa shape index (κ1) is 32.3. The van der Waals surface area contributed by atoms with Gasteiger partial charge in [-0.15, -0.1) is 0 Å². The number of anilines is 2. The molecule has 2 atom stereocenters. The Morgan fingerprint density at radius 1 is 0.375 bits per heavy atom. The average Bonchev–Trinajstić information content (AvgIpc) is 3.80. The van der Waals surface area contributed by atoms with Crippen molar-refractivity contribution in [2.45, 2.75) is 12.0 Å². The summed E-state index contributed by atoms with van der Waals surface area (Å²) >= 11 is 0. The summed E-state index contributed by atoms with van der Waals surface area (Å²) in [4.78, 5) is 2.55. The van der Waals surface area contributed by atoms with Gasteiger partial charge in [-0.2, -0.15) is 0 Å². The van der Waals surface area contributed by atoms with E-state index >= 15 is 0 Å². The first-order chi connectivity index (χ1) is 27.8. The molecule has 0 radical (unpaired) electrons. The second kappa shape index (κ2) is 13.3. The van der Waals surface area contributed by atoms with E-state index < -0.39 is 0 Å². The van der Waals surface area contributed by atoms with Gasteiger partial charge in [0.1, 0.15) is 0 Å². The fourth-order valence-electron chi connectivity index (χ4n) is 9.18. The van der Waals surface area contributed by atoms with E-state index in [1.54, 1.807) is 0 Å². The van der Waals surface area contributed by atoms with Crippen LogP contribution in [0.25, 0.3) is 67.2 Å². The quantitative estimate of drug-likeness (QED) is 0.166. The van der Waals surface area contributed by atoms with Crippen molar-refractivity contribution in [1.82, 2.24) is 4.57 Å². The molecule has 264 valence electrons. The Kier molecular flexibility index (Phi) is 7.67. The van der Waals surface area contributed by atoms with Gasteiger partial charge in [0, 0.05) is 28.4 Å². The molecular formula is C54H38N2. The van der Waals surface area contributed by atoms with Gasteiger partial charge in [-0.25, -0.2) is 0 Å². The smallest absolute Gasteiger partial charge is 0.0637 e. The summed E-state index contributed by atoms with van der Waals surface area (Å²) in [6.45, 7) is 0. The van der Waals surface area contributed by atoms with Crippen molar-refractivity contribution in [2.24, 2.45) is 0 Å². The van der Waals surface area contributed by atoms with Crippen LogP contribution in [0, 0.1) is 0 Å². The Morgan fingerprint density at radius 2 is 0.857 bits per heavy atom. The molecule has 0 bridgehead atoms. The first-order valence-corrected chi connectivity index (χ1v) is 19.5. The second-order valence-corrected chi connectivity index (χ2v) is 14.9. The highest BCUT2D eigenvalue weighted by atomic mass is 15.2. The van der Waals surface area contributed by atoms with Crippen molar-refractivity contribution in [3.05, 3.63) is 229 Å². The Hall–Kier alpha value is -7.16. The number of para-hydroxylation sites is 2. The minimum absolute atomic E-state index is 0.158. The summed E-state index contributed by atoms with van der Waals surface area (Å²) < 4.78 is 2.46. The predicted octanol–water partition coefficient (Wildman–Crippen LogP) is 14.0. The van der Waals surface area contributed by atoms with Crippen LogP contribution in [0.5, 0.6) is 0 Å². The Balaban J connectivity index is 0.959. The van der Waals surface area contributed by atoms with E-state index in [1.807, 2.05) is 0 Å². The molecule has 11 rings (SSSR count). The molecule has 0 spiro atoms. The standard InChI is InChI=1S/C54H38N2/c1-3-13-37(14-4-1)41-17-11-19-43(35-41)39-25-29-45(30-26-39)55-49-23-9-7-21-47(49)53-51(55)33-34-52-54(53)48-22-8-10-24-50(48)56(52)46-31-27-40(28-32-46)44-20-12-18-42(36-44)38-15-5-2-6-16-38/h1-36,51,53H. The van der Waals surface area contributed by atoms with Gasteiger partial charge in [-0.1, -0.05) is 164 Å². The van der Waals surface area contributed by atoms with Crippen molar-refractivity contribution in [3.8, 4) is 50.2 Å². The summed E-state index contributed by atoms with van der Waals surface area (Å²) in [7, 11) is 0. The van der Waals surface area contributed by atoms with Crippen LogP contribution in [-0.2, 0) is 0 Å². The van der Waals surface area contributed by atoms with Crippen LogP contribution in [0.15, 0.2) is 212 Å². The van der Waals surface area contributed by atoms with Gasteiger partial charge in [0.15, 0.2) is 0 Å². The first-order valence-electron chi connectivity index (χ1n) is 19.5. The zero-order valence-electron chi connectivity index (χ0n) is 30.8. The summed E-state index contributed by atoms with van der Waals surface area (Å²) in [6.07, 6.45) is 4.80. The molecule has 2 heterocycles. The molecule has 1 aliphatic carbocycles. The summed E-state index contributed by atoms with van der Waals surface area (Å²) in [6, 6.07) is 75.3. The molecule has 2 heteroatoms. The fraction of sp³-hybridized carbons (Fsp3) is 0.0370. The highest BCUT2D eigenvalue weighted by Crippen LogP contribution is 2.54. The topological polar surface area (TPSA) is 8.17 Å². The molecule has 2 nitrogen and oxygen atoms in total. The molecule has 2 aliphatic rings. The van der Waals surface area contributed by atoms with Crippen LogP contribution in [0.1, 0.15) is 22.7 Å². The monoisotopic (exact) mass is 714 g/mol. The van der Waals surface area contributed by atoms with Gasteiger partial charge in [0.25, 0.3) is 0 Å². The predicted molar refractivity (Wildman–Crippen MR) is 235 cm³/mol. The van der Waals surface area contributed by atoms with Gasteiger partial charge in [-0.05, 0) is 110 Å². The molecule has 0 saturated carbocycles. The highest BCUT2D eigenvalue weighted by molar-refractivity contribution is 5.94. The summed E-state index contributed by atoms with van der Waals surface area (Å²) in [5.41, 5.74) is 18.7.